The number of likely N-dealkylation sites (tertiary alicyclic amines) is 1. The zero-order chi connectivity index (χ0) is 15.4. The SMILES string of the molecule is CC(C)N1CCC1COc1ccc(Oc2ccccc2)cc1. The third-order valence-electron chi connectivity index (χ3n) is 4.10. The van der Waals surface area contributed by atoms with Crippen molar-refractivity contribution in [3.8, 4) is 17.2 Å². The molecule has 1 atom stereocenters. The van der Waals surface area contributed by atoms with Gasteiger partial charge in [0.25, 0.3) is 0 Å². The third-order valence-corrected chi connectivity index (χ3v) is 4.10. The maximum absolute atomic E-state index is 5.90. The normalized spacial score (nSPS) is 18.0. The number of hydrogen-bond donors (Lipinski definition) is 0. The first-order valence-electron chi connectivity index (χ1n) is 7.94. The smallest absolute Gasteiger partial charge is 0.127 e. The molecule has 0 aliphatic carbocycles. The van der Waals surface area contributed by atoms with Crippen LogP contribution in [0.2, 0.25) is 0 Å². The lowest BCUT2D eigenvalue weighted by Crippen LogP contribution is -2.54. The maximum atomic E-state index is 5.90. The average molecular weight is 297 g/mol. The first kappa shape index (κ1) is 14.9. The van der Waals surface area contributed by atoms with E-state index in [2.05, 4.69) is 18.7 Å². The van der Waals surface area contributed by atoms with E-state index in [9.17, 15) is 0 Å². The summed E-state index contributed by atoms with van der Waals surface area (Å²) in [4.78, 5) is 2.48. The lowest BCUT2D eigenvalue weighted by Gasteiger charge is -2.43. The Kier molecular flexibility index (Phi) is 4.64. The summed E-state index contributed by atoms with van der Waals surface area (Å²) in [5.41, 5.74) is 0. The third kappa shape index (κ3) is 3.60. The molecule has 0 spiro atoms. The second-order valence-corrected chi connectivity index (χ2v) is 5.97. The first-order chi connectivity index (χ1) is 10.7. The number of ether oxygens (including phenoxy) is 2. The summed E-state index contributed by atoms with van der Waals surface area (Å²) in [5.74, 6) is 2.57. The van der Waals surface area contributed by atoms with E-state index in [1.54, 1.807) is 0 Å². The number of rotatable bonds is 6. The zero-order valence-corrected chi connectivity index (χ0v) is 13.2. The topological polar surface area (TPSA) is 21.7 Å². The molecule has 0 N–H and O–H groups in total. The highest BCUT2D eigenvalue weighted by Gasteiger charge is 2.30. The fourth-order valence-electron chi connectivity index (χ4n) is 2.74. The second kappa shape index (κ2) is 6.84. The van der Waals surface area contributed by atoms with Crippen LogP contribution in [-0.2, 0) is 0 Å². The molecule has 22 heavy (non-hydrogen) atoms. The minimum absolute atomic E-state index is 0.556. The lowest BCUT2D eigenvalue weighted by molar-refractivity contribution is 0.0241. The Balaban J connectivity index is 1.51. The van der Waals surface area contributed by atoms with Crippen LogP contribution in [0.25, 0.3) is 0 Å². The Hall–Kier alpha value is -2.00. The molecule has 1 fully saturated rings. The van der Waals surface area contributed by atoms with Gasteiger partial charge in [0.1, 0.15) is 23.9 Å². The van der Waals surface area contributed by atoms with Gasteiger partial charge in [-0.1, -0.05) is 18.2 Å². The molecule has 1 heterocycles. The van der Waals surface area contributed by atoms with Gasteiger partial charge in [-0.15, -0.1) is 0 Å². The molecule has 3 rings (SSSR count). The summed E-state index contributed by atoms with van der Waals surface area (Å²) in [6, 6.07) is 18.8. The van der Waals surface area contributed by atoms with Crippen LogP contribution < -0.4 is 9.47 Å². The summed E-state index contributed by atoms with van der Waals surface area (Å²) >= 11 is 0. The largest absolute Gasteiger partial charge is 0.492 e. The molecule has 0 amide bonds. The van der Waals surface area contributed by atoms with Gasteiger partial charge < -0.3 is 9.47 Å². The van der Waals surface area contributed by atoms with Crippen molar-refractivity contribution in [3.05, 3.63) is 54.6 Å². The molecule has 3 nitrogen and oxygen atoms in total. The van der Waals surface area contributed by atoms with Gasteiger partial charge >= 0.3 is 0 Å². The van der Waals surface area contributed by atoms with E-state index in [0.717, 1.165) is 23.9 Å². The zero-order valence-electron chi connectivity index (χ0n) is 13.2. The summed E-state index contributed by atoms with van der Waals surface area (Å²) < 4.78 is 11.7. The van der Waals surface area contributed by atoms with E-state index in [1.807, 2.05) is 54.6 Å². The number of para-hydroxylation sites is 1. The van der Waals surface area contributed by atoms with Gasteiger partial charge in [-0.05, 0) is 56.7 Å². The first-order valence-corrected chi connectivity index (χ1v) is 7.94. The van der Waals surface area contributed by atoms with Crippen LogP contribution in [0.15, 0.2) is 54.6 Å². The van der Waals surface area contributed by atoms with Gasteiger partial charge in [-0.25, -0.2) is 0 Å². The van der Waals surface area contributed by atoms with Gasteiger partial charge in [0.15, 0.2) is 0 Å². The fraction of sp³-hybridized carbons (Fsp3) is 0.368. The Morgan fingerprint density at radius 2 is 1.59 bits per heavy atom. The summed E-state index contributed by atoms with van der Waals surface area (Å²) in [5, 5.41) is 0. The van der Waals surface area contributed by atoms with Crippen molar-refractivity contribution in [2.24, 2.45) is 0 Å². The van der Waals surface area contributed by atoms with Crippen LogP contribution >= 0.6 is 0 Å². The minimum Gasteiger partial charge on any atom is -0.492 e. The quantitative estimate of drug-likeness (QED) is 0.791. The number of benzene rings is 2. The van der Waals surface area contributed by atoms with Crippen LogP contribution in [0.4, 0.5) is 0 Å². The van der Waals surface area contributed by atoms with E-state index in [0.29, 0.717) is 12.1 Å². The molecule has 0 aromatic heterocycles. The minimum atomic E-state index is 0.556. The van der Waals surface area contributed by atoms with E-state index in [-0.39, 0.29) is 0 Å². The van der Waals surface area contributed by atoms with Crippen molar-refractivity contribution in [1.82, 2.24) is 4.90 Å². The molecule has 2 aromatic rings. The molecule has 3 heteroatoms. The molecule has 2 aromatic carbocycles. The van der Waals surface area contributed by atoms with Crippen LogP contribution in [0, 0.1) is 0 Å². The van der Waals surface area contributed by atoms with Crippen molar-refractivity contribution in [2.75, 3.05) is 13.2 Å². The van der Waals surface area contributed by atoms with Crippen LogP contribution in [0.1, 0.15) is 20.3 Å². The van der Waals surface area contributed by atoms with Gasteiger partial charge in [0, 0.05) is 18.6 Å². The Morgan fingerprint density at radius 1 is 0.955 bits per heavy atom. The van der Waals surface area contributed by atoms with Crippen LogP contribution in [0.3, 0.4) is 0 Å². The highest BCUT2D eigenvalue weighted by molar-refractivity contribution is 5.35. The van der Waals surface area contributed by atoms with E-state index < -0.39 is 0 Å². The van der Waals surface area contributed by atoms with Gasteiger partial charge in [-0.3, -0.25) is 4.90 Å². The van der Waals surface area contributed by atoms with Crippen LogP contribution in [0.5, 0.6) is 17.2 Å². The van der Waals surface area contributed by atoms with Crippen molar-refractivity contribution in [1.29, 1.82) is 0 Å². The van der Waals surface area contributed by atoms with Gasteiger partial charge in [-0.2, -0.15) is 0 Å². The molecule has 0 saturated carbocycles. The van der Waals surface area contributed by atoms with E-state index >= 15 is 0 Å². The van der Waals surface area contributed by atoms with Gasteiger partial charge in [0.2, 0.25) is 0 Å². The van der Waals surface area contributed by atoms with Crippen molar-refractivity contribution in [3.63, 3.8) is 0 Å². The van der Waals surface area contributed by atoms with E-state index in [1.165, 1.54) is 13.0 Å². The Morgan fingerprint density at radius 3 is 2.18 bits per heavy atom. The second-order valence-electron chi connectivity index (χ2n) is 5.97. The van der Waals surface area contributed by atoms with Crippen molar-refractivity contribution in [2.45, 2.75) is 32.4 Å². The maximum Gasteiger partial charge on any atom is 0.127 e. The van der Waals surface area contributed by atoms with E-state index in [4.69, 9.17) is 9.47 Å². The molecule has 0 bridgehead atoms. The van der Waals surface area contributed by atoms with Crippen molar-refractivity contribution >= 4 is 0 Å². The average Bonchev–Trinajstić information content (AvgIpc) is 2.48. The molecule has 0 radical (unpaired) electrons. The monoisotopic (exact) mass is 297 g/mol. The summed E-state index contributed by atoms with van der Waals surface area (Å²) in [6.45, 7) is 6.43. The molecular weight excluding hydrogens is 274 g/mol. The predicted molar refractivity (Wildman–Crippen MR) is 88.7 cm³/mol. The summed E-state index contributed by atoms with van der Waals surface area (Å²) in [7, 11) is 0. The molecule has 1 aliphatic rings. The van der Waals surface area contributed by atoms with Crippen LogP contribution in [-0.4, -0.2) is 30.1 Å². The molecule has 1 aliphatic heterocycles. The molecule has 1 unspecified atom stereocenters. The van der Waals surface area contributed by atoms with Crippen molar-refractivity contribution < 1.29 is 9.47 Å². The number of hydrogen-bond acceptors (Lipinski definition) is 3. The lowest BCUT2D eigenvalue weighted by atomic mass is 10.0. The highest BCUT2D eigenvalue weighted by Crippen LogP contribution is 2.25. The molecular formula is C19H23NO2. The van der Waals surface area contributed by atoms with Gasteiger partial charge in [0.05, 0.1) is 0 Å². The Labute approximate surface area is 132 Å². The highest BCUT2D eigenvalue weighted by atomic mass is 16.5. The summed E-state index contributed by atoms with van der Waals surface area (Å²) in [6.07, 6.45) is 1.23. The fourth-order valence-corrected chi connectivity index (χ4v) is 2.74. The molecule has 1 saturated heterocycles. The number of nitrogens with zero attached hydrogens (tertiary/aromatic N) is 1. The Bertz CT molecular complexity index is 580. The standard InChI is InChI=1S/C19H23NO2/c1-15(2)20-13-12-16(20)14-21-17-8-10-19(11-9-17)22-18-6-4-3-5-7-18/h3-11,15-16H,12-14H2,1-2H3. The molecule has 116 valence electrons. The predicted octanol–water partition coefficient (Wildman–Crippen LogP) is 4.34.